The van der Waals surface area contributed by atoms with Crippen LogP contribution < -0.4 is 0 Å². The number of halogens is 3. The van der Waals surface area contributed by atoms with Gasteiger partial charge in [0, 0.05) is 16.4 Å². The molecule has 0 spiro atoms. The molecule has 0 unspecified atom stereocenters. The highest BCUT2D eigenvalue weighted by molar-refractivity contribution is 5.68. The van der Waals surface area contributed by atoms with Crippen LogP contribution in [-0.4, -0.2) is 6.18 Å². The summed E-state index contributed by atoms with van der Waals surface area (Å²) in [5.41, 5.74) is 2.14. The summed E-state index contributed by atoms with van der Waals surface area (Å²) in [6, 6.07) is 16.2. The predicted molar refractivity (Wildman–Crippen MR) is 120 cm³/mol. The lowest BCUT2D eigenvalue weighted by Gasteiger charge is -2.22. The van der Waals surface area contributed by atoms with E-state index in [0.717, 1.165) is 29.2 Å². The molecule has 3 rings (SSSR count). The molecule has 1 fully saturated rings. The van der Waals surface area contributed by atoms with Crippen LogP contribution in [-0.2, 0) is 11.3 Å². The van der Waals surface area contributed by atoms with Gasteiger partial charge < -0.3 is 4.74 Å². The summed E-state index contributed by atoms with van der Waals surface area (Å²) in [7, 11) is 0. The van der Waals surface area contributed by atoms with Crippen LogP contribution in [0.2, 0.25) is 0 Å². The highest BCUT2D eigenvalue weighted by Gasteiger charge is 2.78. The maximum atomic E-state index is 13.2. The number of hydrogen-bond acceptors (Lipinski definition) is 1. The first-order chi connectivity index (χ1) is 14.3. The smallest absolute Gasteiger partial charge is 0.412 e. The second-order valence-corrected chi connectivity index (χ2v) is 9.45. The highest BCUT2D eigenvalue weighted by atomic mass is 19.4. The van der Waals surface area contributed by atoms with Crippen molar-refractivity contribution >= 4 is 0 Å². The Labute approximate surface area is 183 Å². The molecule has 0 radical (unpaired) electrons. The van der Waals surface area contributed by atoms with Crippen molar-refractivity contribution in [1.29, 1.82) is 0 Å². The third-order valence-corrected chi connectivity index (χ3v) is 7.97. The molecule has 0 amide bonds. The van der Waals surface area contributed by atoms with Gasteiger partial charge in [-0.2, -0.15) is 13.2 Å². The van der Waals surface area contributed by atoms with Crippen molar-refractivity contribution < 1.29 is 17.9 Å². The summed E-state index contributed by atoms with van der Waals surface area (Å²) in [6.07, 6.45) is -2.98. The molecule has 0 saturated heterocycles. The normalized spacial score (nSPS) is 25.3. The monoisotopic (exact) mass is 428 g/mol. The van der Waals surface area contributed by atoms with E-state index in [1.807, 2.05) is 58.0 Å². The van der Waals surface area contributed by atoms with Gasteiger partial charge in [-0.05, 0) is 41.5 Å². The van der Waals surface area contributed by atoms with Crippen LogP contribution in [0.4, 0.5) is 13.2 Å². The van der Waals surface area contributed by atoms with Crippen LogP contribution in [0.5, 0.6) is 0 Å². The van der Waals surface area contributed by atoms with Crippen molar-refractivity contribution in [2.75, 3.05) is 0 Å². The Kier molecular flexibility index (Phi) is 5.67. The van der Waals surface area contributed by atoms with E-state index in [0.29, 0.717) is 12.4 Å². The van der Waals surface area contributed by atoms with Gasteiger partial charge in [0.25, 0.3) is 0 Å². The SMILES string of the molecule is C=C(OCc1cccc(-c2ccccc2)c1C)[C@@]1(C)C(C)(C)[C@@]1(C)C=C(C)C(F)(F)F. The zero-order valence-corrected chi connectivity index (χ0v) is 19.2. The van der Waals surface area contributed by atoms with Gasteiger partial charge in [-0.25, -0.2) is 0 Å². The number of allylic oxidation sites excluding steroid dienone is 3. The van der Waals surface area contributed by atoms with Crippen LogP contribution in [0.1, 0.15) is 45.7 Å². The van der Waals surface area contributed by atoms with E-state index < -0.39 is 28.0 Å². The minimum atomic E-state index is -4.33. The fourth-order valence-corrected chi connectivity index (χ4v) is 4.94. The molecule has 1 saturated carbocycles. The highest BCUT2D eigenvalue weighted by Crippen LogP contribution is 2.81. The van der Waals surface area contributed by atoms with Gasteiger partial charge in [-0.3, -0.25) is 0 Å². The zero-order chi connectivity index (χ0) is 23.2. The largest absolute Gasteiger partial charge is 0.493 e. The summed E-state index contributed by atoms with van der Waals surface area (Å²) in [5.74, 6) is 0.524. The fourth-order valence-electron chi connectivity index (χ4n) is 4.94. The van der Waals surface area contributed by atoms with Crippen molar-refractivity contribution in [1.82, 2.24) is 0 Å². The maximum Gasteiger partial charge on any atom is 0.412 e. The summed E-state index contributed by atoms with van der Waals surface area (Å²) in [5, 5.41) is 0. The molecule has 4 heteroatoms. The number of ether oxygens (including phenoxy) is 1. The van der Waals surface area contributed by atoms with E-state index in [-0.39, 0.29) is 0 Å². The van der Waals surface area contributed by atoms with E-state index in [9.17, 15) is 13.2 Å². The Morgan fingerprint density at radius 2 is 1.61 bits per heavy atom. The molecule has 1 aliphatic rings. The lowest BCUT2D eigenvalue weighted by molar-refractivity contribution is -0.0920. The van der Waals surface area contributed by atoms with E-state index in [1.54, 1.807) is 0 Å². The van der Waals surface area contributed by atoms with Crippen LogP contribution in [0.25, 0.3) is 11.1 Å². The lowest BCUT2D eigenvalue weighted by atomic mass is 9.92. The molecule has 2 aromatic rings. The minimum Gasteiger partial charge on any atom is -0.493 e. The van der Waals surface area contributed by atoms with Gasteiger partial charge in [0.1, 0.15) is 6.61 Å². The molecule has 0 heterocycles. The average molecular weight is 429 g/mol. The Morgan fingerprint density at radius 1 is 1.00 bits per heavy atom. The molecule has 0 N–H and O–H groups in total. The van der Waals surface area contributed by atoms with Crippen LogP contribution >= 0.6 is 0 Å². The number of benzene rings is 2. The first-order valence-electron chi connectivity index (χ1n) is 10.5. The number of rotatable bonds is 6. The summed E-state index contributed by atoms with van der Waals surface area (Å²) in [6.45, 7) is 15.4. The zero-order valence-electron chi connectivity index (χ0n) is 19.2. The van der Waals surface area contributed by atoms with Crippen LogP contribution in [0.3, 0.4) is 0 Å². The molecular weight excluding hydrogens is 397 g/mol. The fraction of sp³-hybridized carbons (Fsp3) is 0.407. The quantitative estimate of drug-likeness (QED) is 0.332. The molecule has 1 nitrogen and oxygen atoms in total. The molecule has 166 valence electrons. The van der Waals surface area contributed by atoms with Crippen molar-refractivity contribution in [2.45, 2.75) is 54.3 Å². The summed E-state index contributed by atoms with van der Waals surface area (Å²) < 4.78 is 45.7. The summed E-state index contributed by atoms with van der Waals surface area (Å²) >= 11 is 0. The molecule has 31 heavy (non-hydrogen) atoms. The second-order valence-electron chi connectivity index (χ2n) is 9.45. The van der Waals surface area contributed by atoms with E-state index in [2.05, 4.69) is 31.7 Å². The number of hydrogen-bond donors (Lipinski definition) is 0. The maximum absolute atomic E-state index is 13.2. The number of alkyl halides is 3. The van der Waals surface area contributed by atoms with Crippen LogP contribution in [0.15, 0.2) is 72.5 Å². The summed E-state index contributed by atoms with van der Waals surface area (Å²) in [4.78, 5) is 0. The molecular formula is C27H31F3O. The standard InChI is InChI=1S/C27H31F3O/c1-18(27(28,29)30)16-25(6)24(4,5)26(25,7)20(3)31-17-22-14-11-15-23(19(22)2)21-12-9-8-10-13-21/h8-16H,3,17H2,1-2,4-7H3/t25-,26+/m1/s1. The molecule has 0 aliphatic heterocycles. The first kappa shape index (κ1) is 23.2. The van der Waals surface area contributed by atoms with E-state index in [4.69, 9.17) is 4.74 Å². The van der Waals surface area contributed by atoms with E-state index in [1.165, 1.54) is 6.08 Å². The first-order valence-corrected chi connectivity index (χ1v) is 10.5. The van der Waals surface area contributed by atoms with Gasteiger partial charge >= 0.3 is 6.18 Å². The van der Waals surface area contributed by atoms with Gasteiger partial charge in [-0.1, -0.05) is 88.9 Å². The third-order valence-electron chi connectivity index (χ3n) is 7.97. The lowest BCUT2D eigenvalue weighted by Crippen LogP contribution is -2.15. The predicted octanol–water partition coefficient (Wildman–Crippen LogP) is 8.25. The molecule has 0 bridgehead atoms. The van der Waals surface area contributed by atoms with Gasteiger partial charge in [0.05, 0.1) is 5.76 Å². The Hall–Kier alpha value is -2.49. The Morgan fingerprint density at radius 3 is 2.19 bits per heavy atom. The van der Waals surface area contributed by atoms with Gasteiger partial charge in [-0.15, -0.1) is 0 Å². The third kappa shape index (κ3) is 3.60. The van der Waals surface area contributed by atoms with Gasteiger partial charge in [0.15, 0.2) is 0 Å². The van der Waals surface area contributed by atoms with Crippen molar-refractivity contribution in [3.8, 4) is 11.1 Å². The van der Waals surface area contributed by atoms with E-state index >= 15 is 0 Å². The van der Waals surface area contributed by atoms with Gasteiger partial charge in [0.2, 0.25) is 0 Å². The van der Waals surface area contributed by atoms with Crippen LogP contribution in [0, 0.1) is 23.2 Å². The average Bonchev–Trinajstić information content (AvgIpc) is 3.05. The minimum absolute atomic E-state index is 0.328. The van der Waals surface area contributed by atoms with Crippen molar-refractivity contribution in [2.24, 2.45) is 16.2 Å². The van der Waals surface area contributed by atoms with Crippen molar-refractivity contribution in [3.63, 3.8) is 0 Å². The molecule has 0 aromatic heterocycles. The second kappa shape index (κ2) is 7.58. The molecule has 2 atom stereocenters. The van der Waals surface area contributed by atoms with Crippen molar-refractivity contribution in [3.05, 3.63) is 83.6 Å². The Bertz CT molecular complexity index is 1020. The topological polar surface area (TPSA) is 9.23 Å². The molecule has 2 aromatic carbocycles. The Balaban J connectivity index is 1.82. The molecule has 1 aliphatic carbocycles.